The van der Waals surface area contributed by atoms with Gasteiger partial charge in [-0.3, -0.25) is 9.58 Å². The number of nitrogens with one attached hydrogen (secondary N) is 3. The number of ether oxygens (including phenoxy) is 1. The second-order valence-electron chi connectivity index (χ2n) is 11.3. The highest BCUT2D eigenvalue weighted by Gasteiger charge is 2.37. The Bertz CT molecular complexity index is 1590. The fourth-order valence-electron chi connectivity index (χ4n) is 5.53. The summed E-state index contributed by atoms with van der Waals surface area (Å²) in [5.41, 5.74) is 1.88. The monoisotopic (exact) mass is 621 g/mol. The Kier molecular flexibility index (Phi) is 8.83. The maximum absolute atomic E-state index is 13.6. The molecule has 236 valence electrons. The van der Waals surface area contributed by atoms with E-state index in [1.807, 2.05) is 55.7 Å². The highest BCUT2D eigenvalue weighted by atomic mass is 19.4. The van der Waals surface area contributed by atoms with Gasteiger partial charge in [0.1, 0.15) is 17.2 Å². The maximum atomic E-state index is 13.6. The number of nitrogens with zero attached hydrogens (tertiary/aromatic N) is 6. The Morgan fingerprint density at radius 3 is 2.36 bits per heavy atom. The third kappa shape index (κ3) is 7.33. The van der Waals surface area contributed by atoms with E-state index in [1.54, 1.807) is 22.0 Å². The van der Waals surface area contributed by atoms with Crippen molar-refractivity contribution >= 4 is 23.6 Å². The summed E-state index contributed by atoms with van der Waals surface area (Å²) in [6.45, 7) is 1.02. The molecule has 2 fully saturated rings. The smallest absolute Gasteiger partial charge is 0.377 e. The summed E-state index contributed by atoms with van der Waals surface area (Å²) in [5, 5.41) is 13.3. The lowest BCUT2D eigenvalue weighted by molar-refractivity contribution is -0.137. The number of anilines is 3. The van der Waals surface area contributed by atoms with Gasteiger partial charge in [0.05, 0.1) is 25.5 Å². The molecule has 0 radical (unpaired) electrons. The van der Waals surface area contributed by atoms with Crippen LogP contribution in [-0.4, -0.2) is 62.1 Å². The first-order chi connectivity index (χ1) is 21.7. The van der Waals surface area contributed by atoms with Crippen LogP contribution in [-0.2, 0) is 24.5 Å². The van der Waals surface area contributed by atoms with E-state index in [0.29, 0.717) is 51.3 Å². The zero-order chi connectivity index (χ0) is 31.4. The average molecular weight is 622 g/mol. The van der Waals surface area contributed by atoms with Gasteiger partial charge in [0.15, 0.2) is 0 Å². The number of amides is 2. The van der Waals surface area contributed by atoms with Crippen molar-refractivity contribution in [3.63, 3.8) is 0 Å². The molecule has 1 saturated carbocycles. The molecular weight excluding hydrogens is 587 g/mol. The minimum atomic E-state index is -4.59. The zero-order valence-electron chi connectivity index (χ0n) is 24.7. The molecule has 2 amide bonds. The number of benzene rings is 1. The van der Waals surface area contributed by atoms with Crippen LogP contribution in [0.5, 0.6) is 0 Å². The van der Waals surface area contributed by atoms with E-state index in [-0.39, 0.29) is 35.9 Å². The molecule has 14 heteroatoms. The Morgan fingerprint density at radius 1 is 0.956 bits per heavy atom. The van der Waals surface area contributed by atoms with Crippen molar-refractivity contribution in [1.82, 2.24) is 30.0 Å². The Labute approximate surface area is 258 Å². The van der Waals surface area contributed by atoms with Gasteiger partial charge in [-0.2, -0.15) is 23.3 Å². The van der Waals surface area contributed by atoms with Crippen LogP contribution in [0.25, 0.3) is 11.1 Å². The molecule has 6 rings (SSSR count). The van der Waals surface area contributed by atoms with Crippen LogP contribution in [0.15, 0.2) is 67.3 Å². The van der Waals surface area contributed by atoms with Crippen LogP contribution >= 0.6 is 0 Å². The van der Waals surface area contributed by atoms with E-state index in [0.717, 1.165) is 22.9 Å². The van der Waals surface area contributed by atoms with Gasteiger partial charge in [-0.25, -0.2) is 14.8 Å². The number of aryl methyl sites for hydroxylation is 1. The molecule has 1 aromatic carbocycles. The molecule has 1 aliphatic carbocycles. The van der Waals surface area contributed by atoms with Crippen molar-refractivity contribution in [2.24, 2.45) is 7.05 Å². The van der Waals surface area contributed by atoms with E-state index in [2.05, 4.69) is 36.0 Å². The van der Waals surface area contributed by atoms with Gasteiger partial charge in [0, 0.05) is 55.4 Å². The first kappa shape index (κ1) is 30.3. The first-order valence-electron chi connectivity index (χ1n) is 14.8. The molecule has 1 aliphatic heterocycles. The summed E-state index contributed by atoms with van der Waals surface area (Å²) in [6, 6.07) is 12.7. The van der Waals surface area contributed by atoms with E-state index in [1.165, 1.54) is 0 Å². The fraction of sp³-hybridized carbons (Fsp3) is 0.387. The largest absolute Gasteiger partial charge is 0.421 e. The third-order valence-electron chi connectivity index (χ3n) is 8.01. The molecule has 0 atom stereocenters. The molecule has 3 N–H and O–H groups in total. The predicted octanol–water partition coefficient (Wildman–Crippen LogP) is 5.24. The SMILES string of the molecule is Cn1cc(-c2ccc(N(C(=O)NCc3ccccc3)[C@H]3CC[C@H](Nc4ncc(C(F)(F)F)c(NC5COC5)n4)CC3)nc2)cn1. The molecule has 4 heterocycles. The van der Waals surface area contributed by atoms with Crippen molar-refractivity contribution < 1.29 is 22.7 Å². The standard InChI is InChI=1S/C31H34F3N9O2/c1-42-17-22(15-38-42)21-7-12-27(35-14-21)43(30(44)37-13-20-5-3-2-4-6-20)25-10-8-23(9-11-25)40-29-36-16-26(31(32,33)34)28(41-29)39-24-18-45-19-24/h2-7,12,14-17,23-25H,8-11,13,18-19H2,1H3,(H,37,44)(H2,36,39,40,41)/t23-,25-. The summed E-state index contributed by atoms with van der Waals surface area (Å²) in [6.07, 6.45) is 4.23. The fourth-order valence-corrected chi connectivity index (χ4v) is 5.53. The highest BCUT2D eigenvalue weighted by Crippen LogP contribution is 2.35. The second kappa shape index (κ2) is 13.1. The van der Waals surface area contributed by atoms with Gasteiger partial charge in [-0.1, -0.05) is 30.3 Å². The Hall–Kier alpha value is -4.72. The maximum Gasteiger partial charge on any atom is 0.421 e. The van der Waals surface area contributed by atoms with Gasteiger partial charge in [0.2, 0.25) is 5.95 Å². The lowest BCUT2D eigenvalue weighted by Gasteiger charge is -2.36. The average Bonchev–Trinajstić information content (AvgIpc) is 3.45. The summed E-state index contributed by atoms with van der Waals surface area (Å²) in [7, 11) is 1.85. The van der Waals surface area contributed by atoms with E-state index >= 15 is 0 Å². The number of alkyl halides is 3. The molecule has 0 bridgehead atoms. The summed E-state index contributed by atoms with van der Waals surface area (Å²) in [4.78, 5) is 28.1. The lowest BCUT2D eigenvalue weighted by Crippen LogP contribution is -2.49. The molecule has 4 aromatic rings. The number of hydrogen-bond donors (Lipinski definition) is 3. The molecule has 3 aromatic heterocycles. The molecule has 1 saturated heterocycles. The van der Waals surface area contributed by atoms with Crippen LogP contribution in [0.4, 0.5) is 35.5 Å². The van der Waals surface area contributed by atoms with Crippen molar-refractivity contribution in [2.75, 3.05) is 28.7 Å². The Balaban J connectivity index is 1.15. The van der Waals surface area contributed by atoms with E-state index in [9.17, 15) is 18.0 Å². The van der Waals surface area contributed by atoms with Gasteiger partial charge < -0.3 is 20.7 Å². The number of hydrogen-bond acceptors (Lipinski definition) is 8. The minimum Gasteiger partial charge on any atom is -0.377 e. The van der Waals surface area contributed by atoms with Crippen LogP contribution in [0.3, 0.4) is 0 Å². The normalized spacial score (nSPS) is 18.6. The molecule has 2 aliphatic rings. The number of halogens is 3. The van der Waals surface area contributed by atoms with E-state index in [4.69, 9.17) is 4.74 Å². The van der Waals surface area contributed by atoms with Crippen LogP contribution < -0.4 is 20.9 Å². The highest BCUT2D eigenvalue weighted by molar-refractivity contribution is 5.91. The molecule has 45 heavy (non-hydrogen) atoms. The molecule has 0 spiro atoms. The summed E-state index contributed by atoms with van der Waals surface area (Å²) < 4.78 is 47.5. The lowest BCUT2D eigenvalue weighted by atomic mass is 9.90. The van der Waals surface area contributed by atoms with Crippen molar-refractivity contribution in [3.05, 3.63) is 78.4 Å². The second-order valence-corrected chi connectivity index (χ2v) is 11.3. The number of pyridine rings is 1. The molecule has 11 nitrogen and oxygen atoms in total. The van der Waals surface area contributed by atoms with E-state index < -0.39 is 11.7 Å². The summed E-state index contributed by atoms with van der Waals surface area (Å²) in [5.74, 6) is 0.398. The number of aromatic nitrogens is 5. The Morgan fingerprint density at radius 2 is 1.73 bits per heavy atom. The van der Waals surface area contributed by atoms with Crippen molar-refractivity contribution in [1.29, 1.82) is 0 Å². The molecule has 0 unspecified atom stereocenters. The van der Waals surface area contributed by atoms with Gasteiger partial charge in [0.25, 0.3) is 0 Å². The predicted molar refractivity (Wildman–Crippen MR) is 163 cm³/mol. The number of urea groups is 1. The quantitative estimate of drug-likeness (QED) is 0.232. The number of rotatable bonds is 9. The molecular formula is C31H34F3N9O2. The first-order valence-corrected chi connectivity index (χ1v) is 14.8. The van der Waals surface area contributed by atoms with Gasteiger partial charge in [-0.15, -0.1) is 0 Å². The summed E-state index contributed by atoms with van der Waals surface area (Å²) >= 11 is 0. The van der Waals surface area contributed by atoms with Crippen LogP contribution in [0.2, 0.25) is 0 Å². The topological polar surface area (TPSA) is 122 Å². The third-order valence-corrected chi connectivity index (χ3v) is 8.01. The van der Waals surface area contributed by atoms with Crippen LogP contribution in [0.1, 0.15) is 36.8 Å². The number of carbonyl (C=O) groups is 1. The van der Waals surface area contributed by atoms with Gasteiger partial charge in [-0.05, 0) is 43.4 Å². The van der Waals surface area contributed by atoms with Crippen molar-refractivity contribution in [3.8, 4) is 11.1 Å². The van der Waals surface area contributed by atoms with Crippen molar-refractivity contribution in [2.45, 2.75) is 56.5 Å². The van der Waals surface area contributed by atoms with Crippen LogP contribution in [0, 0.1) is 0 Å². The van der Waals surface area contributed by atoms with Gasteiger partial charge >= 0.3 is 12.2 Å². The minimum absolute atomic E-state index is 0.0759. The zero-order valence-corrected chi connectivity index (χ0v) is 24.7. The number of carbonyl (C=O) groups excluding carboxylic acids is 1.